The predicted octanol–water partition coefficient (Wildman–Crippen LogP) is 3.18. The number of hydrogen-bond acceptors (Lipinski definition) is 1. The van der Waals surface area contributed by atoms with Gasteiger partial charge in [-0.1, -0.05) is 19.9 Å². The average molecular weight is 196 g/mol. The first-order valence-electron chi connectivity index (χ1n) is 4.84. The molecule has 0 heterocycles. The molecule has 1 aromatic carbocycles. The van der Waals surface area contributed by atoms with Crippen molar-refractivity contribution in [2.24, 2.45) is 0 Å². The lowest BCUT2D eigenvalue weighted by Gasteiger charge is -2.19. The molecule has 0 bridgehead atoms. The van der Waals surface area contributed by atoms with Crippen molar-refractivity contribution < 1.29 is 9.50 Å². The standard InChI is InChI=1S/C12H17FO/c1-8(2)9-5-10(12(3,4)14)7-11(13)6-9/h5-8,14H,1-4H3. The third-order valence-corrected chi connectivity index (χ3v) is 2.29. The van der Waals surface area contributed by atoms with Crippen LogP contribution in [-0.2, 0) is 5.60 Å². The fourth-order valence-corrected chi connectivity index (χ4v) is 1.30. The van der Waals surface area contributed by atoms with Crippen molar-refractivity contribution in [2.75, 3.05) is 0 Å². The molecule has 78 valence electrons. The van der Waals surface area contributed by atoms with Crippen molar-refractivity contribution in [2.45, 2.75) is 39.2 Å². The summed E-state index contributed by atoms with van der Waals surface area (Å²) >= 11 is 0. The first-order chi connectivity index (χ1) is 6.30. The maximum Gasteiger partial charge on any atom is 0.123 e. The van der Waals surface area contributed by atoms with Crippen molar-refractivity contribution in [3.63, 3.8) is 0 Å². The van der Waals surface area contributed by atoms with Crippen molar-refractivity contribution in [3.8, 4) is 0 Å². The van der Waals surface area contributed by atoms with Crippen molar-refractivity contribution in [1.82, 2.24) is 0 Å². The quantitative estimate of drug-likeness (QED) is 0.770. The lowest BCUT2D eigenvalue weighted by atomic mass is 9.93. The van der Waals surface area contributed by atoms with Gasteiger partial charge in [-0.2, -0.15) is 0 Å². The molecule has 0 fully saturated rings. The maximum absolute atomic E-state index is 13.2. The highest BCUT2D eigenvalue weighted by atomic mass is 19.1. The van der Waals surface area contributed by atoms with Gasteiger partial charge in [-0.15, -0.1) is 0 Å². The van der Waals surface area contributed by atoms with Gasteiger partial charge in [0.15, 0.2) is 0 Å². The highest BCUT2D eigenvalue weighted by Crippen LogP contribution is 2.25. The molecule has 14 heavy (non-hydrogen) atoms. The zero-order valence-electron chi connectivity index (χ0n) is 9.13. The Labute approximate surface area is 84.6 Å². The molecule has 0 amide bonds. The molecule has 0 aliphatic heterocycles. The van der Waals surface area contributed by atoms with Gasteiger partial charge >= 0.3 is 0 Å². The molecular formula is C12H17FO. The van der Waals surface area contributed by atoms with Crippen molar-refractivity contribution in [1.29, 1.82) is 0 Å². The first kappa shape index (κ1) is 11.2. The molecular weight excluding hydrogens is 179 g/mol. The number of aliphatic hydroxyl groups is 1. The van der Waals surface area contributed by atoms with Crippen LogP contribution in [0.4, 0.5) is 4.39 Å². The Hall–Kier alpha value is -0.890. The summed E-state index contributed by atoms with van der Waals surface area (Å²) in [7, 11) is 0. The Morgan fingerprint density at radius 3 is 2.21 bits per heavy atom. The van der Waals surface area contributed by atoms with E-state index in [2.05, 4.69) is 0 Å². The van der Waals surface area contributed by atoms with Crippen LogP contribution in [-0.4, -0.2) is 5.11 Å². The van der Waals surface area contributed by atoms with Crippen LogP contribution < -0.4 is 0 Å². The highest BCUT2D eigenvalue weighted by Gasteiger charge is 2.18. The Balaban J connectivity index is 3.21. The van der Waals surface area contributed by atoms with E-state index in [1.807, 2.05) is 19.9 Å². The van der Waals surface area contributed by atoms with Crippen LogP contribution in [0.2, 0.25) is 0 Å². The predicted molar refractivity (Wildman–Crippen MR) is 55.7 cm³/mol. The molecule has 0 aromatic heterocycles. The normalized spacial score (nSPS) is 12.2. The minimum atomic E-state index is -0.980. The molecule has 1 rings (SSSR count). The largest absolute Gasteiger partial charge is 0.386 e. The van der Waals surface area contributed by atoms with Crippen LogP contribution in [0.25, 0.3) is 0 Å². The summed E-state index contributed by atoms with van der Waals surface area (Å²) in [6.07, 6.45) is 0. The molecule has 0 aliphatic rings. The molecule has 0 saturated heterocycles. The zero-order valence-corrected chi connectivity index (χ0v) is 9.13. The Kier molecular flexibility index (Phi) is 2.95. The van der Waals surface area contributed by atoms with E-state index < -0.39 is 5.60 Å². The number of halogens is 1. The van der Waals surface area contributed by atoms with Crippen LogP contribution in [0.5, 0.6) is 0 Å². The molecule has 2 heteroatoms. The second-order valence-corrected chi connectivity index (χ2v) is 4.49. The van der Waals surface area contributed by atoms with Gasteiger partial charge in [0.25, 0.3) is 0 Å². The van der Waals surface area contributed by atoms with Gasteiger partial charge in [0.05, 0.1) is 5.60 Å². The Morgan fingerprint density at radius 2 is 1.79 bits per heavy atom. The molecule has 1 N–H and O–H groups in total. The highest BCUT2D eigenvalue weighted by molar-refractivity contribution is 5.30. The molecule has 1 aromatic rings. The summed E-state index contributed by atoms with van der Waals surface area (Å²) < 4.78 is 13.2. The van der Waals surface area contributed by atoms with Gasteiger partial charge in [0.1, 0.15) is 5.82 Å². The van der Waals surface area contributed by atoms with E-state index in [4.69, 9.17) is 0 Å². The average Bonchev–Trinajstić information content (AvgIpc) is 2.01. The second-order valence-electron chi connectivity index (χ2n) is 4.49. The van der Waals surface area contributed by atoms with E-state index in [1.165, 1.54) is 12.1 Å². The van der Waals surface area contributed by atoms with E-state index in [-0.39, 0.29) is 11.7 Å². The van der Waals surface area contributed by atoms with E-state index in [0.29, 0.717) is 5.56 Å². The zero-order chi connectivity index (χ0) is 10.9. The summed E-state index contributed by atoms with van der Waals surface area (Å²) in [5, 5.41) is 9.75. The van der Waals surface area contributed by atoms with Gasteiger partial charge in [0.2, 0.25) is 0 Å². The number of rotatable bonds is 2. The fourth-order valence-electron chi connectivity index (χ4n) is 1.30. The molecule has 0 unspecified atom stereocenters. The summed E-state index contributed by atoms with van der Waals surface area (Å²) in [5.41, 5.74) is 0.564. The van der Waals surface area contributed by atoms with Crippen LogP contribution in [0.1, 0.15) is 44.7 Å². The summed E-state index contributed by atoms with van der Waals surface area (Å²) in [6, 6.07) is 4.75. The molecule has 0 saturated carbocycles. The van der Waals surface area contributed by atoms with Gasteiger partial charge in [0, 0.05) is 0 Å². The topological polar surface area (TPSA) is 20.2 Å². The van der Waals surface area contributed by atoms with Crippen LogP contribution in [0, 0.1) is 5.82 Å². The summed E-state index contributed by atoms with van der Waals surface area (Å²) in [6.45, 7) is 7.32. The van der Waals surface area contributed by atoms with Gasteiger partial charge in [-0.05, 0) is 43.0 Å². The summed E-state index contributed by atoms with van der Waals surface area (Å²) in [5.74, 6) is -0.0138. The van der Waals surface area contributed by atoms with Crippen LogP contribution in [0.15, 0.2) is 18.2 Å². The lowest BCUT2D eigenvalue weighted by molar-refractivity contribution is 0.0781. The molecule has 0 atom stereocenters. The monoisotopic (exact) mass is 196 g/mol. The van der Waals surface area contributed by atoms with Crippen molar-refractivity contribution in [3.05, 3.63) is 35.1 Å². The van der Waals surface area contributed by atoms with E-state index in [9.17, 15) is 9.50 Å². The Morgan fingerprint density at radius 1 is 1.21 bits per heavy atom. The van der Waals surface area contributed by atoms with Gasteiger partial charge in [-0.25, -0.2) is 4.39 Å². The van der Waals surface area contributed by atoms with E-state index >= 15 is 0 Å². The van der Waals surface area contributed by atoms with Crippen molar-refractivity contribution >= 4 is 0 Å². The summed E-state index contributed by atoms with van der Waals surface area (Å²) in [4.78, 5) is 0. The SMILES string of the molecule is CC(C)c1cc(F)cc(C(C)(C)O)c1. The van der Waals surface area contributed by atoms with E-state index in [0.717, 1.165) is 5.56 Å². The first-order valence-corrected chi connectivity index (χ1v) is 4.84. The third kappa shape index (κ3) is 2.55. The fraction of sp³-hybridized carbons (Fsp3) is 0.500. The molecule has 0 spiro atoms. The lowest BCUT2D eigenvalue weighted by Crippen LogP contribution is -2.16. The smallest absolute Gasteiger partial charge is 0.123 e. The number of hydrogen-bond donors (Lipinski definition) is 1. The van der Waals surface area contributed by atoms with Crippen LogP contribution in [0.3, 0.4) is 0 Å². The van der Waals surface area contributed by atoms with Gasteiger partial charge < -0.3 is 5.11 Å². The second kappa shape index (κ2) is 3.70. The van der Waals surface area contributed by atoms with Gasteiger partial charge in [-0.3, -0.25) is 0 Å². The van der Waals surface area contributed by atoms with E-state index in [1.54, 1.807) is 13.8 Å². The molecule has 0 aliphatic carbocycles. The minimum absolute atomic E-state index is 0.270. The number of benzene rings is 1. The third-order valence-electron chi connectivity index (χ3n) is 2.29. The molecule has 0 radical (unpaired) electrons. The maximum atomic E-state index is 13.2. The Bertz CT molecular complexity index is 324. The minimum Gasteiger partial charge on any atom is -0.386 e. The molecule has 1 nitrogen and oxygen atoms in total. The van der Waals surface area contributed by atoms with Crippen LogP contribution >= 0.6 is 0 Å².